The van der Waals surface area contributed by atoms with Gasteiger partial charge in [0.05, 0.1) is 12.1 Å². The Labute approximate surface area is 163 Å². The fraction of sp³-hybridized carbons (Fsp3) is 0.765. The van der Waals surface area contributed by atoms with Gasteiger partial charge in [0.25, 0.3) is 0 Å². The molecule has 3 unspecified atom stereocenters. The number of aliphatic hydroxyl groups excluding tert-OH is 2. The van der Waals surface area contributed by atoms with E-state index in [0.29, 0.717) is 35.1 Å². The van der Waals surface area contributed by atoms with Crippen LogP contribution < -0.4 is 11.1 Å². The second-order valence-corrected chi connectivity index (χ2v) is 8.03. The van der Waals surface area contributed by atoms with Gasteiger partial charge in [0, 0.05) is 18.2 Å². The van der Waals surface area contributed by atoms with Gasteiger partial charge in [0.1, 0.15) is 6.10 Å². The molecule has 1 aliphatic rings. The fourth-order valence-electron chi connectivity index (χ4n) is 3.37. The number of nitrogens with two attached hydrogens (primary N) is 1. The molecule has 4 atom stereocenters. The van der Waals surface area contributed by atoms with Crippen LogP contribution in [0.3, 0.4) is 0 Å². The van der Waals surface area contributed by atoms with Crippen LogP contribution in [0, 0.1) is 5.92 Å². The summed E-state index contributed by atoms with van der Waals surface area (Å²) in [6.45, 7) is 5.36. The Bertz CT molecular complexity index is 756. The molecule has 1 fully saturated rings. The number of aliphatic hydroxyl groups is 2. The van der Waals surface area contributed by atoms with Crippen molar-refractivity contribution < 1.29 is 10.2 Å². The average Bonchev–Trinajstić information content (AvgIpc) is 3.21. The first-order valence-corrected chi connectivity index (χ1v) is 10.6. The zero-order valence-electron chi connectivity index (χ0n) is 15.9. The van der Waals surface area contributed by atoms with Crippen LogP contribution in [0.15, 0.2) is 5.16 Å². The summed E-state index contributed by atoms with van der Waals surface area (Å²) in [5.74, 6) is 1.42. The zero-order valence-corrected chi connectivity index (χ0v) is 16.7. The van der Waals surface area contributed by atoms with Gasteiger partial charge < -0.3 is 21.3 Å². The lowest BCUT2D eigenvalue weighted by Crippen LogP contribution is -2.32. The number of hydrogen-bond acceptors (Lipinski definition) is 9. The van der Waals surface area contributed by atoms with Gasteiger partial charge in [-0.1, -0.05) is 37.2 Å². The molecule has 0 radical (unpaired) electrons. The first-order chi connectivity index (χ1) is 13.1. The first-order valence-electron chi connectivity index (χ1n) is 9.66. The molecule has 2 aromatic rings. The van der Waals surface area contributed by atoms with Gasteiger partial charge in [0.15, 0.2) is 22.1 Å². The Hall–Kier alpha value is -1.49. The molecule has 0 aromatic carbocycles. The lowest BCUT2D eigenvalue weighted by atomic mass is 10.1. The zero-order chi connectivity index (χ0) is 19.4. The monoisotopic (exact) mass is 395 g/mol. The van der Waals surface area contributed by atoms with Crippen LogP contribution >= 0.6 is 11.8 Å². The van der Waals surface area contributed by atoms with Crippen LogP contribution in [0.4, 0.5) is 5.82 Å². The smallest absolute Gasteiger partial charge is 0.191 e. The number of fused-ring (bicyclic) bond motifs is 1. The first kappa shape index (κ1) is 20.2. The summed E-state index contributed by atoms with van der Waals surface area (Å²) in [5.41, 5.74) is 6.90. The van der Waals surface area contributed by atoms with Gasteiger partial charge in [-0.25, -0.2) is 14.6 Å². The lowest BCUT2D eigenvalue weighted by Gasteiger charge is -2.17. The molecule has 1 aliphatic carbocycles. The fourth-order valence-corrected chi connectivity index (χ4v) is 4.07. The molecule has 150 valence electrons. The molecule has 3 rings (SSSR count). The van der Waals surface area contributed by atoms with Crippen molar-refractivity contribution in [2.75, 3.05) is 24.2 Å². The number of anilines is 1. The van der Waals surface area contributed by atoms with Crippen molar-refractivity contribution in [3.05, 3.63) is 0 Å². The number of thioether (sulfide) groups is 1. The molecule has 2 aromatic heterocycles. The molecule has 5 N–H and O–H groups in total. The highest BCUT2D eigenvalue weighted by Gasteiger charge is 2.43. The molecule has 27 heavy (non-hydrogen) atoms. The summed E-state index contributed by atoms with van der Waals surface area (Å²) < 4.78 is 1.63. The minimum Gasteiger partial charge on any atom is -0.390 e. The van der Waals surface area contributed by atoms with E-state index in [4.69, 9.17) is 5.73 Å². The van der Waals surface area contributed by atoms with Crippen molar-refractivity contribution in [2.24, 2.45) is 11.7 Å². The van der Waals surface area contributed by atoms with E-state index in [1.165, 1.54) is 0 Å². The minimum atomic E-state index is -0.943. The highest BCUT2D eigenvalue weighted by atomic mass is 32.2. The SMILES string of the molecule is CCCCNc1nc(SCCC)nc2c1nnn2C1CC(CN)C(O)[C@H]1O. The molecular formula is C17H29N7O2S. The molecule has 0 bridgehead atoms. The van der Waals surface area contributed by atoms with Gasteiger partial charge in [-0.3, -0.25) is 0 Å². The maximum atomic E-state index is 10.5. The van der Waals surface area contributed by atoms with Crippen molar-refractivity contribution in [3.8, 4) is 0 Å². The lowest BCUT2D eigenvalue weighted by molar-refractivity contribution is 0.00624. The third-order valence-corrected chi connectivity index (χ3v) is 6.00. The predicted molar refractivity (Wildman–Crippen MR) is 106 cm³/mol. The summed E-state index contributed by atoms with van der Waals surface area (Å²) in [6.07, 6.45) is 1.87. The summed E-state index contributed by atoms with van der Waals surface area (Å²) in [6, 6.07) is -0.402. The third kappa shape index (κ3) is 4.18. The van der Waals surface area contributed by atoms with Gasteiger partial charge in [-0.2, -0.15) is 0 Å². The number of rotatable bonds is 9. The van der Waals surface area contributed by atoms with Crippen molar-refractivity contribution in [1.82, 2.24) is 25.0 Å². The van der Waals surface area contributed by atoms with E-state index in [9.17, 15) is 10.2 Å². The minimum absolute atomic E-state index is 0.165. The van der Waals surface area contributed by atoms with Crippen LogP contribution in [-0.4, -0.2) is 66.2 Å². The van der Waals surface area contributed by atoms with E-state index < -0.39 is 18.2 Å². The topological polar surface area (TPSA) is 135 Å². The molecule has 9 nitrogen and oxygen atoms in total. The highest BCUT2D eigenvalue weighted by Crippen LogP contribution is 2.36. The van der Waals surface area contributed by atoms with E-state index >= 15 is 0 Å². The van der Waals surface area contributed by atoms with Crippen LogP contribution in [-0.2, 0) is 0 Å². The maximum absolute atomic E-state index is 10.5. The van der Waals surface area contributed by atoms with Crippen LogP contribution in [0.5, 0.6) is 0 Å². The van der Waals surface area contributed by atoms with Gasteiger partial charge >= 0.3 is 0 Å². The van der Waals surface area contributed by atoms with E-state index in [0.717, 1.165) is 31.6 Å². The Morgan fingerprint density at radius 1 is 1.22 bits per heavy atom. The van der Waals surface area contributed by atoms with Crippen LogP contribution in [0.25, 0.3) is 11.2 Å². The van der Waals surface area contributed by atoms with Crippen LogP contribution in [0.2, 0.25) is 0 Å². The summed E-state index contributed by atoms with van der Waals surface area (Å²) in [5, 5.41) is 33.2. The Balaban J connectivity index is 1.98. The molecule has 10 heteroatoms. The number of hydrogen-bond donors (Lipinski definition) is 4. The van der Waals surface area contributed by atoms with E-state index in [2.05, 4.69) is 39.4 Å². The number of unbranched alkanes of at least 4 members (excludes halogenated alkanes) is 1. The second kappa shape index (κ2) is 9.13. The molecule has 0 amide bonds. The normalized spacial score (nSPS) is 25.4. The maximum Gasteiger partial charge on any atom is 0.191 e. The molecular weight excluding hydrogens is 366 g/mol. The van der Waals surface area contributed by atoms with Gasteiger partial charge in [-0.05, 0) is 25.8 Å². The summed E-state index contributed by atoms with van der Waals surface area (Å²) in [7, 11) is 0. The van der Waals surface area contributed by atoms with E-state index in [-0.39, 0.29) is 5.92 Å². The van der Waals surface area contributed by atoms with Gasteiger partial charge in [0.2, 0.25) is 0 Å². The van der Waals surface area contributed by atoms with Crippen molar-refractivity contribution in [3.63, 3.8) is 0 Å². The molecule has 0 aliphatic heterocycles. The Morgan fingerprint density at radius 3 is 2.70 bits per heavy atom. The third-order valence-electron chi connectivity index (χ3n) is 4.95. The number of nitrogens with zero attached hydrogens (tertiary/aromatic N) is 5. The number of nitrogens with one attached hydrogen (secondary N) is 1. The van der Waals surface area contributed by atoms with E-state index in [1.54, 1.807) is 16.4 Å². The molecule has 0 spiro atoms. The average molecular weight is 396 g/mol. The van der Waals surface area contributed by atoms with Crippen LogP contribution in [0.1, 0.15) is 45.6 Å². The Morgan fingerprint density at radius 2 is 2.04 bits per heavy atom. The summed E-state index contributed by atoms with van der Waals surface area (Å²) in [4.78, 5) is 9.25. The largest absolute Gasteiger partial charge is 0.390 e. The quantitative estimate of drug-likeness (QED) is 0.280. The van der Waals surface area contributed by atoms with E-state index in [1.807, 2.05) is 0 Å². The summed E-state index contributed by atoms with van der Waals surface area (Å²) >= 11 is 1.59. The Kier molecular flexibility index (Phi) is 6.85. The second-order valence-electron chi connectivity index (χ2n) is 6.97. The molecule has 1 saturated carbocycles. The van der Waals surface area contributed by atoms with Crippen molar-refractivity contribution in [2.45, 2.75) is 62.9 Å². The highest BCUT2D eigenvalue weighted by molar-refractivity contribution is 7.99. The molecule has 2 heterocycles. The van der Waals surface area contributed by atoms with Crippen molar-refractivity contribution >= 4 is 28.7 Å². The standard InChI is InChI=1S/C17H29N7O2S/c1-3-5-6-19-15-12-16(21-17(20-15)27-7-4-2)24(23-22-12)11-8-10(9-18)13(25)14(11)26/h10-11,13-14,25-26H,3-9,18H2,1-2H3,(H,19,20,21)/t10?,11?,13?,14-/m0/s1. The van der Waals surface area contributed by atoms with Gasteiger partial charge in [-0.15, -0.1) is 5.10 Å². The predicted octanol–water partition coefficient (Wildman–Crippen LogP) is 1.18. The number of aromatic nitrogens is 5. The van der Waals surface area contributed by atoms with Crippen molar-refractivity contribution in [1.29, 1.82) is 0 Å². The molecule has 0 saturated heterocycles.